The van der Waals surface area contributed by atoms with Crippen LogP contribution in [0.3, 0.4) is 0 Å². The van der Waals surface area contributed by atoms with Crippen LogP contribution in [0.5, 0.6) is 0 Å². The standard InChI is InChI=1S/C23H30ClN3O/c1-27(23(28)16-5-3-2-4-6-16)19-10-8-18(9-11-19)26-21-13-14-25-22-15-17(24)7-12-20(21)22/h7,12-16,18-19H,2-6,8-11H2,1H3,(H,25,26). The lowest BCUT2D eigenvalue weighted by Gasteiger charge is -2.37. The molecule has 2 fully saturated rings. The summed E-state index contributed by atoms with van der Waals surface area (Å²) in [5.41, 5.74) is 2.04. The summed E-state index contributed by atoms with van der Waals surface area (Å²) in [5, 5.41) is 5.53. The second-order valence-electron chi connectivity index (χ2n) is 8.45. The zero-order chi connectivity index (χ0) is 19.5. The van der Waals surface area contributed by atoms with Crippen molar-refractivity contribution in [1.82, 2.24) is 9.88 Å². The minimum absolute atomic E-state index is 0.268. The number of nitrogens with one attached hydrogen (secondary N) is 1. The van der Waals surface area contributed by atoms with Gasteiger partial charge in [-0.1, -0.05) is 30.9 Å². The van der Waals surface area contributed by atoms with Crippen LogP contribution in [0.2, 0.25) is 5.02 Å². The van der Waals surface area contributed by atoms with Crippen molar-refractivity contribution in [3.63, 3.8) is 0 Å². The van der Waals surface area contributed by atoms with E-state index in [0.717, 1.165) is 55.1 Å². The molecule has 4 rings (SSSR count). The molecule has 5 heteroatoms. The van der Waals surface area contributed by atoms with E-state index >= 15 is 0 Å². The summed E-state index contributed by atoms with van der Waals surface area (Å²) in [6.07, 6.45) is 12.0. The SMILES string of the molecule is CN(C(=O)C1CCCCC1)C1CCC(Nc2ccnc3cc(Cl)ccc23)CC1. The molecule has 1 amide bonds. The molecule has 4 nitrogen and oxygen atoms in total. The molecule has 1 heterocycles. The third-order valence-electron chi connectivity index (χ3n) is 6.61. The highest BCUT2D eigenvalue weighted by atomic mass is 35.5. The Hall–Kier alpha value is -1.81. The molecule has 2 aliphatic rings. The number of hydrogen-bond donors (Lipinski definition) is 1. The van der Waals surface area contributed by atoms with E-state index in [1.165, 1.54) is 19.3 Å². The molecule has 0 unspecified atom stereocenters. The number of aromatic nitrogens is 1. The van der Waals surface area contributed by atoms with Crippen LogP contribution in [0.1, 0.15) is 57.8 Å². The van der Waals surface area contributed by atoms with Crippen molar-refractivity contribution in [1.29, 1.82) is 0 Å². The van der Waals surface area contributed by atoms with Crippen LogP contribution in [0.4, 0.5) is 5.69 Å². The largest absolute Gasteiger partial charge is 0.382 e. The first-order valence-electron chi connectivity index (χ1n) is 10.7. The predicted molar refractivity (Wildman–Crippen MR) is 116 cm³/mol. The molecule has 1 N–H and O–H groups in total. The Kier molecular flexibility index (Phi) is 6.05. The molecule has 0 aliphatic heterocycles. The van der Waals surface area contributed by atoms with Gasteiger partial charge in [0.15, 0.2) is 0 Å². The van der Waals surface area contributed by atoms with E-state index in [0.29, 0.717) is 23.0 Å². The summed E-state index contributed by atoms with van der Waals surface area (Å²) in [6, 6.07) is 8.73. The van der Waals surface area contributed by atoms with Gasteiger partial charge in [-0.15, -0.1) is 0 Å². The topological polar surface area (TPSA) is 45.2 Å². The number of nitrogens with zero attached hydrogens (tertiary/aromatic N) is 2. The van der Waals surface area contributed by atoms with Crippen LogP contribution in [0.15, 0.2) is 30.5 Å². The second-order valence-corrected chi connectivity index (χ2v) is 8.89. The maximum Gasteiger partial charge on any atom is 0.225 e. The van der Waals surface area contributed by atoms with E-state index in [1.54, 1.807) is 0 Å². The lowest BCUT2D eigenvalue weighted by atomic mass is 9.86. The van der Waals surface area contributed by atoms with Crippen LogP contribution in [0, 0.1) is 5.92 Å². The fourth-order valence-electron chi connectivity index (χ4n) is 4.89. The molecule has 28 heavy (non-hydrogen) atoms. The van der Waals surface area contributed by atoms with Gasteiger partial charge < -0.3 is 10.2 Å². The molecule has 150 valence electrons. The highest BCUT2D eigenvalue weighted by Crippen LogP contribution is 2.31. The van der Waals surface area contributed by atoms with Crippen molar-refractivity contribution in [2.24, 2.45) is 5.92 Å². The molecule has 2 saturated carbocycles. The fraction of sp³-hybridized carbons (Fsp3) is 0.565. The van der Waals surface area contributed by atoms with Crippen molar-refractivity contribution < 1.29 is 4.79 Å². The van der Waals surface area contributed by atoms with E-state index in [9.17, 15) is 4.79 Å². The molecule has 0 bridgehead atoms. The van der Waals surface area contributed by atoms with Crippen LogP contribution >= 0.6 is 11.6 Å². The second kappa shape index (κ2) is 8.69. The third kappa shape index (κ3) is 4.27. The summed E-state index contributed by atoms with van der Waals surface area (Å²) < 4.78 is 0. The number of rotatable bonds is 4. The molecule has 1 aromatic carbocycles. The highest BCUT2D eigenvalue weighted by molar-refractivity contribution is 6.31. The lowest BCUT2D eigenvalue weighted by molar-refractivity contribution is -0.138. The summed E-state index contributed by atoms with van der Waals surface area (Å²) in [5.74, 6) is 0.651. The van der Waals surface area contributed by atoms with Gasteiger partial charge in [0.25, 0.3) is 0 Å². The van der Waals surface area contributed by atoms with Gasteiger partial charge in [0.2, 0.25) is 5.91 Å². The Morgan fingerprint density at radius 1 is 1.07 bits per heavy atom. The Bertz CT molecular complexity index is 826. The first kappa shape index (κ1) is 19.5. The Labute approximate surface area is 172 Å². The van der Waals surface area contributed by atoms with Crippen molar-refractivity contribution in [2.75, 3.05) is 12.4 Å². The molecular formula is C23H30ClN3O. The van der Waals surface area contributed by atoms with E-state index < -0.39 is 0 Å². The normalized spacial score (nSPS) is 23.5. The molecule has 0 saturated heterocycles. The zero-order valence-electron chi connectivity index (χ0n) is 16.7. The Morgan fingerprint density at radius 3 is 2.57 bits per heavy atom. The molecule has 1 aromatic heterocycles. The van der Waals surface area contributed by atoms with Crippen molar-refractivity contribution in [2.45, 2.75) is 69.9 Å². The van der Waals surface area contributed by atoms with Crippen LogP contribution in [-0.2, 0) is 4.79 Å². The maximum absolute atomic E-state index is 12.8. The fourth-order valence-corrected chi connectivity index (χ4v) is 5.06. The van der Waals surface area contributed by atoms with E-state index in [2.05, 4.69) is 15.2 Å². The van der Waals surface area contributed by atoms with Crippen molar-refractivity contribution >= 4 is 34.1 Å². The lowest BCUT2D eigenvalue weighted by Crippen LogP contribution is -2.44. The number of anilines is 1. The smallest absolute Gasteiger partial charge is 0.225 e. The predicted octanol–water partition coefficient (Wildman–Crippen LogP) is 5.65. The Morgan fingerprint density at radius 2 is 1.82 bits per heavy atom. The molecule has 0 atom stereocenters. The van der Waals surface area contributed by atoms with Crippen molar-refractivity contribution in [3.05, 3.63) is 35.5 Å². The number of pyridine rings is 1. The number of carbonyl (C=O) groups is 1. The van der Waals surface area contributed by atoms with Gasteiger partial charge in [0, 0.05) is 47.3 Å². The van der Waals surface area contributed by atoms with Crippen LogP contribution in [-0.4, -0.2) is 34.9 Å². The van der Waals surface area contributed by atoms with E-state index in [1.807, 2.05) is 37.5 Å². The van der Waals surface area contributed by atoms with Crippen LogP contribution < -0.4 is 5.32 Å². The van der Waals surface area contributed by atoms with Gasteiger partial charge in [-0.2, -0.15) is 0 Å². The summed E-state index contributed by atoms with van der Waals surface area (Å²) in [7, 11) is 2.02. The first-order valence-corrected chi connectivity index (χ1v) is 11.1. The van der Waals surface area contributed by atoms with E-state index in [-0.39, 0.29) is 5.92 Å². The number of benzene rings is 1. The van der Waals surface area contributed by atoms with Gasteiger partial charge in [0.05, 0.1) is 5.52 Å². The highest BCUT2D eigenvalue weighted by Gasteiger charge is 2.30. The van der Waals surface area contributed by atoms with Gasteiger partial charge in [-0.05, 0) is 62.8 Å². The zero-order valence-corrected chi connectivity index (χ0v) is 17.4. The Balaban J connectivity index is 1.35. The number of halogens is 1. The summed E-state index contributed by atoms with van der Waals surface area (Å²) in [4.78, 5) is 19.3. The molecular weight excluding hydrogens is 370 g/mol. The maximum atomic E-state index is 12.8. The van der Waals surface area contributed by atoms with Gasteiger partial charge in [0.1, 0.15) is 0 Å². The average Bonchev–Trinajstić information content (AvgIpc) is 2.74. The first-order chi connectivity index (χ1) is 13.6. The minimum Gasteiger partial charge on any atom is -0.382 e. The average molecular weight is 400 g/mol. The monoisotopic (exact) mass is 399 g/mol. The van der Waals surface area contributed by atoms with Gasteiger partial charge in [-0.25, -0.2) is 0 Å². The summed E-state index contributed by atoms with van der Waals surface area (Å²) in [6.45, 7) is 0. The number of amides is 1. The van der Waals surface area contributed by atoms with Gasteiger partial charge in [-0.3, -0.25) is 9.78 Å². The summed E-state index contributed by atoms with van der Waals surface area (Å²) >= 11 is 6.10. The molecule has 0 radical (unpaired) electrons. The third-order valence-corrected chi connectivity index (χ3v) is 6.85. The quantitative estimate of drug-likeness (QED) is 0.722. The number of carbonyl (C=O) groups excluding carboxylic acids is 1. The number of fused-ring (bicyclic) bond motifs is 1. The van der Waals surface area contributed by atoms with Crippen molar-refractivity contribution in [3.8, 4) is 0 Å². The molecule has 2 aromatic rings. The molecule has 0 spiro atoms. The molecule has 2 aliphatic carbocycles. The van der Waals surface area contributed by atoms with Crippen LogP contribution in [0.25, 0.3) is 10.9 Å². The number of hydrogen-bond acceptors (Lipinski definition) is 3. The van der Waals surface area contributed by atoms with Gasteiger partial charge >= 0.3 is 0 Å². The van der Waals surface area contributed by atoms with E-state index in [4.69, 9.17) is 11.6 Å². The minimum atomic E-state index is 0.268.